The van der Waals surface area contributed by atoms with E-state index in [0.29, 0.717) is 6.61 Å². The number of nitrogens with two attached hydrogens (primary N) is 1. The number of hydrogen-bond acceptors (Lipinski definition) is 5. The van der Waals surface area contributed by atoms with E-state index in [4.69, 9.17) is 14.6 Å². The predicted octanol–water partition coefficient (Wildman–Crippen LogP) is 0.809. The lowest BCUT2D eigenvalue weighted by Gasteiger charge is -2.11. The Morgan fingerprint density at radius 2 is 2.25 bits per heavy atom. The summed E-state index contributed by atoms with van der Waals surface area (Å²) in [6.07, 6.45) is 1.47. The van der Waals surface area contributed by atoms with Gasteiger partial charge in [0, 0.05) is 6.61 Å². The Hall–Kier alpha value is -1.51. The molecule has 0 unspecified atom stereocenters. The third-order valence-corrected chi connectivity index (χ3v) is 3.82. The van der Waals surface area contributed by atoms with Crippen molar-refractivity contribution >= 4 is 16.0 Å². The molecule has 8 heteroatoms. The number of carbonyl (C=O) groups is 1. The molecule has 20 heavy (non-hydrogen) atoms. The van der Waals surface area contributed by atoms with Crippen molar-refractivity contribution in [2.24, 2.45) is 5.14 Å². The van der Waals surface area contributed by atoms with Gasteiger partial charge in [0.2, 0.25) is 10.0 Å². The van der Waals surface area contributed by atoms with Gasteiger partial charge in [-0.3, -0.25) is 0 Å². The van der Waals surface area contributed by atoms with Crippen LogP contribution in [0.25, 0.3) is 0 Å². The van der Waals surface area contributed by atoms with E-state index in [-0.39, 0.29) is 17.6 Å². The molecule has 0 spiro atoms. The zero-order valence-electron chi connectivity index (χ0n) is 10.5. The molecule has 1 atom stereocenters. The highest BCUT2D eigenvalue weighted by Gasteiger charge is 2.21. The molecule has 0 aromatic heterocycles. The lowest BCUT2D eigenvalue weighted by molar-refractivity contribution is 0.0157. The number of ether oxygens (including phenoxy) is 2. The van der Waals surface area contributed by atoms with Crippen molar-refractivity contribution in [3.8, 4) is 0 Å². The standard InChI is InChI=1S/C12H14FNO5S/c13-11-4-3-9(20(14,16)17)6-10(11)12(15)19-7-8-2-1-5-18-8/h3-4,6,8H,1-2,5,7H2,(H2,14,16,17)/t8-/m0/s1. The smallest absolute Gasteiger partial charge is 0.341 e. The fourth-order valence-corrected chi connectivity index (χ4v) is 2.40. The number of hydrogen-bond donors (Lipinski definition) is 1. The van der Waals surface area contributed by atoms with Crippen molar-refractivity contribution in [1.29, 1.82) is 0 Å². The van der Waals surface area contributed by atoms with Crippen LogP contribution in [0, 0.1) is 5.82 Å². The van der Waals surface area contributed by atoms with Gasteiger partial charge in [-0.1, -0.05) is 0 Å². The summed E-state index contributed by atoms with van der Waals surface area (Å²) < 4.78 is 46.1. The second-order valence-electron chi connectivity index (χ2n) is 4.42. The molecule has 1 aromatic carbocycles. The monoisotopic (exact) mass is 303 g/mol. The number of primary sulfonamides is 1. The summed E-state index contributed by atoms with van der Waals surface area (Å²) in [5, 5.41) is 4.93. The van der Waals surface area contributed by atoms with Crippen LogP contribution in [0.3, 0.4) is 0 Å². The summed E-state index contributed by atoms with van der Waals surface area (Å²) in [5.41, 5.74) is -0.463. The van der Waals surface area contributed by atoms with Gasteiger partial charge in [-0.2, -0.15) is 0 Å². The molecule has 110 valence electrons. The van der Waals surface area contributed by atoms with E-state index in [2.05, 4.69) is 0 Å². The van der Waals surface area contributed by atoms with Gasteiger partial charge in [0.15, 0.2) is 0 Å². The minimum Gasteiger partial charge on any atom is -0.459 e. The molecular weight excluding hydrogens is 289 g/mol. The molecule has 0 bridgehead atoms. The van der Waals surface area contributed by atoms with Gasteiger partial charge in [-0.15, -0.1) is 0 Å². The number of halogens is 1. The molecular formula is C12H14FNO5S. The van der Waals surface area contributed by atoms with E-state index in [1.807, 2.05) is 0 Å². The van der Waals surface area contributed by atoms with Gasteiger partial charge >= 0.3 is 5.97 Å². The quantitative estimate of drug-likeness (QED) is 0.830. The van der Waals surface area contributed by atoms with Crippen LogP contribution in [-0.2, 0) is 19.5 Å². The fourth-order valence-electron chi connectivity index (χ4n) is 1.86. The molecule has 1 saturated heterocycles. The van der Waals surface area contributed by atoms with Crippen molar-refractivity contribution in [1.82, 2.24) is 0 Å². The summed E-state index contributed by atoms with van der Waals surface area (Å²) in [5.74, 6) is -1.81. The largest absolute Gasteiger partial charge is 0.459 e. The first-order valence-corrected chi connectivity index (χ1v) is 7.53. The van der Waals surface area contributed by atoms with E-state index in [0.717, 1.165) is 31.0 Å². The van der Waals surface area contributed by atoms with Crippen LogP contribution >= 0.6 is 0 Å². The third-order valence-electron chi connectivity index (χ3n) is 2.91. The summed E-state index contributed by atoms with van der Waals surface area (Å²) in [4.78, 5) is 11.4. The van der Waals surface area contributed by atoms with Gasteiger partial charge in [-0.05, 0) is 31.0 Å². The Morgan fingerprint density at radius 3 is 2.85 bits per heavy atom. The number of esters is 1. The first-order valence-electron chi connectivity index (χ1n) is 5.99. The van der Waals surface area contributed by atoms with Crippen LogP contribution in [0.15, 0.2) is 23.1 Å². The van der Waals surface area contributed by atoms with E-state index in [1.54, 1.807) is 0 Å². The van der Waals surface area contributed by atoms with Crippen LogP contribution in [0.4, 0.5) is 4.39 Å². The molecule has 1 aromatic rings. The lowest BCUT2D eigenvalue weighted by atomic mass is 10.2. The first kappa shape index (κ1) is 14.9. The summed E-state index contributed by atoms with van der Waals surface area (Å²) in [6, 6.07) is 2.71. The molecule has 2 rings (SSSR count). The van der Waals surface area contributed by atoms with Crippen LogP contribution in [0.5, 0.6) is 0 Å². The third kappa shape index (κ3) is 3.53. The summed E-state index contributed by atoms with van der Waals surface area (Å²) in [7, 11) is -4.01. The van der Waals surface area contributed by atoms with Gasteiger partial charge in [0.1, 0.15) is 12.4 Å². The van der Waals surface area contributed by atoms with Crippen molar-refractivity contribution < 1.29 is 27.1 Å². The topological polar surface area (TPSA) is 95.7 Å². The molecule has 1 fully saturated rings. The van der Waals surface area contributed by atoms with Gasteiger partial charge in [0.05, 0.1) is 16.6 Å². The average Bonchev–Trinajstić information content (AvgIpc) is 2.88. The number of sulfonamides is 1. The number of carbonyl (C=O) groups excluding carboxylic acids is 1. The molecule has 0 radical (unpaired) electrons. The summed E-state index contributed by atoms with van der Waals surface area (Å²) >= 11 is 0. The van der Waals surface area contributed by atoms with Crippen LogP contribution in [0.2, 0.25) is 0 Å². The maximum absolute atomic E-state index is 13.5. The molecule has 0 saturated carbocycles. The first-order chi connectivity index (χ1) is 9.38. The zero-order chi connectivity index (χ0) is 14.8. The van der Waals surface area contributed by atoms with Crippen molar-refractivity contribution in [2.45, 2.75) is 23.8 Å². The Kier molecular flexibility index (Phi) is 4.36. The van der Waals surface area contributed by atoms with Crippen LogP contribution in [-0.4, -0.2) is 33.7 Å². The highest BCUT2D eigenvalue weighted by Crippen LogP contribution is 2.17. The Balaban J connectivity index is 2.12. The summed E-state index contributed by atoms with van der Waals surface area (Å²) in [6.45, 7) is 0.620. The molecule has 6 nitrogen and oxygen atoms in total. The second kappa shape index (κ2) is 5.86. The number of rotatable bonds is 4. The number of benzene rings is 1. The fraction of sp³-hybridized carbons (Fsp3) is 0.417. The highest BCUT2D eigenvalue weighted by atomic mass is 32.2. The minimum atomic E-state index is -4.01. The van der Waals surface area contributed by atoms with Gasteiger partial charge in [0.25, 0.3) is 0 Å². The Morgan fingerprint density at radius 1 is 1.50 bits per heavy atom. The average molecular weight is 303 g/mol. The Bertz CT molecular complexity index is 610. The van der Waals surface area contributed by atoms with Crippen LogP contribution < -0.4 is 5.14 Å². The lowest BCUT2D eigenvalue weighted by Crippen LogP contribution is -2.19. The predicted molar refractivity (Wildman–Crippen MR) is 67.0 cm³/mol. The molecule has 0 aliphatic carbocycles. The Labute approximate surface area is 115 Å². The maximum Gasteiger partial charge on any atom is 0.341 e. The minimum absolute atomic E-state index is 0.0118. The zero-order valence-corrected chi connectivity index (χ0v) is 11.4. The molecule has 1 aliphatic heterocycles. The van der Waals surface area contributed by atoms with E-state index in [1.165, 1.54) is 0 Å². The van der Waals surface area contributed by atoms with Crippen molar-refractivity contribution in [3.05, 3.63) is 29.6 Å². The highest BCUT2D eigenvalue weighted by molar-refractivity contribution is 7.89. The molecule has 1 heterocycles. The van der Waals surface area contributed by atoms with Crippen molar-refractivity contribution in [2.75, 3.05) is 13.2 Å². The molecule has 0 amide bonds. The molecule has 2 N–H and O–H groups in total. The SMILES string of the molecule is NS(=O)(=O)c1ccc(F)c(C(=O)OC[C@@H]2CCCO2)c1. The van der Waals surface area contributed by atoms with Crippen molar-refractivity contribution in [3.63, 3.8) is 0 Å². The van der Waals surface area contributed by atoms with E-state index >= 15 is 0 Å². The van der Waals surface area contributed by atoms with E-state index in [9.17, 15) is 17.6 Å². The normalized spacial score (nSPS) is 19.0. The van der Waals surface area contributed by atoms with Gasteiger partial charge in [-0.25, -0.2) is 22.7 Å². The second-order valence-corrected chi connectivity index (χ2v) is 5.98. The maximum atomic E-state index is 13.5. The van der Waals surface area contributed by atoms with Crippen LogP contribution in [0.1, 0.15) is 23.2 Å². The van der Waals surface area contributed by atoms with Gasteiger partial charge < -0.3 is 9.47 Å². The molecule has 1 aliphatic rings. The van der Waals surface area contributed by atoms with E-state index < -0.39 is 27.4 Å².